The number of aryl methyl sites for hydroxylation is 1. The molecule has 0 saturated heterocycles. The van der Waals surface area contributed by atoms with Crippen LogP contribution in [0.4, 0.5) is 5.69 Å². The summed E-state index contributed by atoms with van der Waals surface area (Å²) in [5.41, 5.74) is -0.118. The van der Waals surface area contributed by atoms with Crippen molar-refractivity contribution >= 4 is 29.4 Å². The highest BCUT2D eigenvalue weighted by Crippen LogP contribution is 2.25. The highest BCUT2D eigenvalue weighted by atomic mass is 35.5. The summed E-state index contributed by atoms with van der Waals surface area (Å²) in [5, 5.41) is 10.8. The second-order valence-electron chi connectivity index (χ2n) is 3.18. The van der Waals surface area contributed by atoms with Crippen LogP contribution in [0.2, 0.25) is 0 Å². The molecule has 0 radical (unpaired) electrons. The van der Waals surface area contributed by atoms with Crippen LogP contribution in [0.3, 0.4) is 0 Å². The molecule has 16 heavy (non-hydrogen) atoms. The van der Waals surface area contributed by atoms with Gasteiger partial charge in [0.25, 0.3) is 5.69 Å². The monoisotopic (exact) mass is 241 g/mol. The van der Waals surface area contributed by atoms with Crippen LogP contribution in [0.5, 0.6) is 0 Å². The van der Waals surface area contributed by atoms with E-state index >= 15 is 0 Å². The van der Waals surface area contributed by atoms with Gasteiger partial charge in [0.1, 0.15) is 0 Å². The maximum Gasteiger partial charge on any atom is 0.290 e. The summed E-state index contributed by atoms with van der Waals surface area (Å²) in [4.78, 5) is 32.1. The average Bonchev–Trinajstić information content (AvgIpc) is 2.26. The first kappa shape index (κ1) is 12.3. The molecule has 1 aromatic carbocycles. The molecule has 1 aromatic rings. The summed E-state index contributed by atoms with van der Waals surface area (Å²) < 4.78 is 0. The minimum Gasteiger partial charge on any atom is -0.298 e. The highest BCUT2D eigenvalue weighted by molar-refractivity contribution is 6.31. The molecule has 0 heterocycles. The lowest BCUT2D eigenvalue weighted by molar-refractivity contribution is -0.385. The van der Waals surface area contributed by atoms with Crippen LogP contribution < -0.4 is 0 Å². The van der Waals surface area contributed by atoms with Crippen molar-refractivity contribution in [1.29, 1.82) is 0 Å². The van der Waals surface area contributed by atoms with Gasteiger partial charge in [0, 0.05) is 0 Å². The zero-order chi connectivity index (χ0) is 12.3. The number of alkyl halides is 1. The van der Waals surface area contributed by atoms with Gasteiger partial charge in [0.05, 0.1) is 21.9 Å². The van der Waals surface area contributed by atoms with Crippen LogP contribution in [0.25, 0.3) is 0 Å². The van der Waals surface area contributed by atoms with Crippen LogP contribution in [-0.2, 0) is 0 Å². The van der Waals surface area contributed by atoms with Crippen molar-refractivity contribution in [1.82, 2.24) is 0 Å². The molecule has 0 N–H and O–H groups in total. The van der Waals surface area contributed by atoms with Crippen molar-refractivity contribution in [3.05, 3.63) is 38.9 Å². The molecule has 0 bridgehead atoms. The Morgan fingerprint density at radius 1 is 1.56 bits per heavy atom. The van der Waals surface area contributed by atoms with Crippen molar-refractivity contribution in [2.24, 2.45) is 0 Å². The number of carbonyl (C=O) groups excluding carboxylic acids is 2. The smallest absolute Gasteiger partial charge is 0.290 e. The van der Waals surface area contributed by atoms with Crippen LogP contribution in [0.1, 0.15) is 26.3 Å². The molecule has 0 aliphatic heterocycles. The summed E-state index contributed by atoms with van der Waals surface area (Å²) >= 11 is 5.35. The fourth-order valence-corrected chi connectivity index (χ4v) is 1.53. The number of hydrogen-bond donors (Lipinski definition) is 0. The van der Waals surface area contributed by atoms with Gasteiger partial charge >= 0.3 is 0 Å². The summed E-state index contributed by atoms with van der Waals surface area (Å²) in [6.07, 6.45) is 0.357. The molecule has 0 aromatic heterocycles. The first-order valence-corrected chi connectivity index (χ1v) is 4.88. The fraction of sp³-hybridized carbons (Fsp3) is 0.200. The van der Waals surface area contributed by atoms with E-state index in [2.05, 4.69) is 0 Å². The molecule has 1 rings (SSSR count). The largest absolute Gasteiger partial charge is 0.298 e. The van der Waals surface area contributed by atoms with Crippen molar-refractivity contribution in [3.8, 4) is 0 Å². The van der Waals surface area contributed by atoms with E-state index in [9.17, 15) is 19.7 Å². The van der Waals surface area contributed by atoms with Gasteiger partial charge in [0.15, 0.2) is 12.1 Å². The molecule has 0 spiro atoms. The SMILES string of the molecule is Cc1cc(C=O)c([N+](=O)[O-])c(C(=O)CCl)c1. The van der Waals surface area contributed by atoms with Crippen LogP contribution in [-0.4, -0.2) is 22.9 Å². The summed E-state index contributed by atoms with van der Waals surface area (Å²) in [7, 11) is 0. The molecule has 0 amide bonds. The summed E-state index contributed by atoms with van der Waals surface area (Å²) in [6.45, 7) is 1.64. The molecular weight excluding hydrogens is 234 g/mol. The second-order valence-corrected chi connectivity index (χ2v) is 3.45. The number of nitro benzene ring substituents is 1. The van der Waals surface area contributed by atoms with Gasteiger partial charge in [-0.25, -0.2) is 0 Å². The van der Waals surface area contributed by atoms with E-state index in [-0.39, 0.29) is 17.0 Å². The number of hydrogen-bond acceptors (Lipinski definition) is 4. The predicted molar refractivity (Wildman–Crippen MR) is 58.3 cm³/mol. The third-order valence-corrected chi connectivity index (χ3v) is 2.26. The van der Waals surface area contributed by atoms with Gasteiger partial charge in [-0.3, -0.25) is 19.7 Å². The van der Waals surface area contributed by atoms with Crippen molar-refractivity contribution < 1.29 is 14.5 Å². The zero-order valence-corrected chi connectivity index (χ0v) is 9.15. The van der Waals surface area contributed by atoms with Crippen molar-refractivity contribution in [3.63, 3.8) is 0 Å². The minimum absolute atomic E-state index is 0.113. The predicted octanol–water partition coefficient (Wildman–Crippen LogP) is 2.14. The highest BCUT2D eigenvalue weighted by Gasteiger charge is 2.24. The number of carbonyl (C=O) groups is 2. The van der Waals surface area contributed by atoms with E-state index < -0.39 is 16.4 Å². The molecule has 0 aliphatic carbocycles. The maximum atomic E-state index is 11.4. The standard InChI is InChI=1S/C10H8ClNO4/c1-6-2-7(5-13)10(12(15)16)8(3-6)9(14)4-11/h2-3,5H,4H2,1H3. The zero-order valence-electron chi connectivity index (χ0n) is 8.40. The Bertz CT molecular complexity index is 470. The molecule has 0 aliphatic rings. The lowest BCUT2D eigenvalue weighted by Gasteiger charge is -2.04. The summed E-state index contributed by atoms with van der Waals surface area (Å²) in [5.74, 6) is -0.928. The van der Waals surface area contributed by atoms with E-state index in [1.165, 1.54) is 12.1 Å². The Hall–Kier alpha value is -1.75. The van der Waals surface area contributed by atoms with Gasteiger partial charge in [-0.15, -0.1) is 11.6 Å². The van der Waals surface area contributed by atoms with E-state index in [4.69, 9.17) is 11.6 Å². The molecule has 0 fully saturated rings. The van der Waals surface area contributed by atoms with Gasteiger partial charge in [-0.1, -0.05) is 0 Å². The van der Waals surface area contributed by atoms with E-state index in [1.54, 1.807) is 6.92 Å². The molecule has 84 valence electrons. The van der Waals surface area contributed by atoms with E-state index in [0.29, 0.717) is 11.8 Å². The molecular formula is C10H8ClNO4. The summed E-state index contributed by atoms with van der Waals surface area (Å²) in [6, 6.07) is 2.71. The fourth-order valence-electron chi connectivity index (χ4n) is 1.38. The maximum absolute atomic E-state index is 11.4. The Balaban J connectivity index is 3.56. The quantitative estimate of drug-likeness (QED) is 0.266. The number of nitro groups is 1. The Kier molecular flexibility index (Phi) is 3.73. The Morgan fingerprint density at radius 2 is 2.19 bits per heavy atom. The molecule has 5 nitrogen and oxygen atoms in total. The van der Waals surface area contributed by atoms with Gasteiger partial charge < -0.3 is 0 Å². The number of halogens is 1. The normalized spacial score (nSPS) is 9.88. The van der Waals surface area contributed by atoms with Crippen molar-refractivity contribution in [2.45, 2.75) is 6.92 Å². The van der Waals surface area contributed by atoms with Gasteiger partial charge in [0.2, 0.25) is 0 Å². The first-order valence-electron chi connectivity index (χ1n) is 4.34. The number of benzene rings is 1. The van der Waals surface area contributed by atoms with E-state index in [0.717, 1.165) is 0 Å². The lowest BCUT2D eigenvalue weighted by Crippen LogP contribution is -2.08. The molecule has 0 atom stereocenters. The molecule has 0 unspecified atom stereocenters. The number of rotatable bonds is 4. The third kappa shape index (κ3) is 2.25. The topological polar surface area (TPSA) is 77.3 Å². The lowest BCUT2D eigenvalue weighted by atomic mass is 10.0. The Labute approximate surface area is 96.2 Å². The van der Waals surface area contributed by atoms with E-state index in [1.807, 2.05) is 0 Å². The van der Waals surface area contributed by atoms with Crippen LogP contribution in [0.15, 0.2) is 12.1 Å². The number of ketones is 1. The number of nitrogens with zero attached hydrogens (tertiary/aromatic N) is 1. The Morgan fingerprint density at radius 3 is 2.62 bits per heavy atom. The van der Waals surface area contributed by atoms with Crippen LogP contribution in [0, 0.1) is 17.0 Å². The first-order chi connectivity index (χ1) is 7.51. The average molecular weight is 242 g/mol. The third-order valence-electron chi connectivity index (χ3n) is 2.02. The van der Waals surface area contributed by atoms with Gasteiger partial charge in [-0.2, -0.15) is 0 Å². The number of Topliss-reactive ketones (excluding diaryl/α,β-unsaturated/α-hetero) is 1. The van der Waals surface area contributed by atoms with Crippen LogP contribution >= 0.6 is 11.6 Å². The minimum atomic E-state index is -0.747. The van der Waals surface area contributed by atoms with Gasteiger partial charge in [-0.05, 0) is 24.6 Å². The molecule has 6 heteroatoms. The van der Waals surface area contributed by atoms with Crippen molar-refractivity contribution in [2.75, 3.05) is 5.88 Å². The second kappa shape index (κ2) is 4.85. The number of aldehydes is 1. The molecule has 0 saturated carbocycles.